The second-order valence-electron chi connectivity index (χ2n) is 1.24. The summed E-state index contributed by atoms with van der Waals surface area (Å²) in [6.07, 6.45) is 1.62. The van der Waals surface area contributed by atoms with Crippen LogP contribution in [0.2, 0.25) is 0 Å². The third-order valence-corrected chi connectivity index (χ3v) is 0.641. The summed E-state index contributed by atoms with van der Waals surface area (Å²) in [6, 6.07) is -1.93. The Labute approximate surface area is 49.1 Å². The molecule has 0 aromatic rings. The van der Waals surface area contributed by atoms with Crippen LogP contribution < -0.4 is 5.32 Å². The number of carbonyl (C=O) groups is 2. The van der Waals surface area contributed by atoms with Gasteiger partial charge in [-0.2, -0.15) is 5.32 Å². The van der Waals surface area contributed by atoms with Crippen LogP contribution >= 0.6 is 0 Å². The summed E-state index contributed by atoms with van der Waals surface area (Å²) >= 11 is 0. The molecule has 0 aromatic carbocycles. The van der Waals surface area contributed by atoms with Crippen molar-refractivity contribution in [1.29, 1.82) is 0 Å². The number of nitrogens with zero attached hydrogens (tertiary/aromatic N) is 2. The van der Waals surface area contributed by atoms with Gasteiger partial charge in [-0.1, -0.05) is 4.91 Å². The SMILES string of the molecule is O=C1N=[C][N+](=O)C(=O)N1. The van der Waals surface area contributed by atoms with Gasteiger partial charge in [-0.3, -0.25) is 0 Å². The van der Waals surface area contributed by atoms with Gasteiger partial charge >= 0.3 is 18.4 Å². The molecule has 4 amide bonds. The van der Waals surface area contributed by atoms with Crippen LogP contribution in [0.15, 0.2) is 4.99 Å². The molecule has 0 saturated heterocycles. The van der Waals surface area contributed by atoms with E-state index in [1.807, 2.05) is 0 Å². The fraction of sp³-hybridized carbons (Fsp3) is 0. The Morgan fingerprint density at radius 1 is 1.56 bits per heavy atom. The third kappa shape index (κ3) is 0.958. The van der Waals surface area contributed by atoms with Crippen LogP contribution in [0.4, 0.5) is 9.59 Å². The molecule has 1 N–H and O–H groups in total. The van der Waals surface area contributed by atoms with E-state index < -0.39 is 12.1 Å². The molecular weight excluding hydrogens is 126 g/mol. The summed E-state index contributed by atoms with van der Waals surface area (Å²) in [4.78, 5) is 33.2. The van der Waals surface area contributed by atoms with Crippen molar-refractivity contribution in [1.82, 2.24) is 5.32 Å². The number of rotatable bonds is 0. The van der Waals surface area contributed by atoms with Crippen molar-refractivity contribution in [3.63, 3.8) is 0 Å². The Bertz CT molecular complexity index is 218. The standard InChI is InChI=1S/C3HN3O3/c7-2-4-1-6(9)3(8)5-2/h(H,5,7,8)/q+1. The predicted molar refractivity (Wildman–Crippen MR) is 25.0 cm³/mol. The molecule has 0 spiro atoms. The highest BCUT2D eigenvalue weighted by Crippen LogP contribution is 1.83. The Balaban J connectivity index is 2.89. The van der Waals surface area contributed by atoms with Gasteiger partial charge in [-0.25, -0.2) is 9.59 Å². The molecular formula is C3HN3O3+. The number of nitrogens with one attached hydrogen (secondary N) is 1. The lowest BCUT2D eigenvalue weighted by Gasteiger charge is -1.89. The normalized spacial score (nSPS) is 18.0. The fourth-order valence-corrected chi connectivity index (χ4v) is 0.306. The lowest BCUT2D eigenvalue weighted by Crippen LogP contribution is -2.38. The van der Waals surface area contributed by atoms with Crippen LogP contribution in [0.25, 0.3) is 0 Å². The van der Waals surface area contributed by atoms with E-state index in [2.05, 4.69) is 4.99 Å². The van der Waals surface area contributed by atoms with Crippen molar-refractivity contribution in [3.8, 4) is 0 Å². The van der Waals surface area contributed by atoms with Crippen molar-refractivity contribution in [2.75, 3.05) is 0 Å². The molecule has 0 fully saturated rings. The zero-order valence-electron chi connectivity index (χ0n) is 4.12. The van der Waals surface area contributed by atoms with Gasteiger partial charge in [-0.15, -0.1) is 0 Å². The Morgan fingerprint density at radius 3 is 2.67 bits per heavy atom. The van der Waals surface area contributed by atoms with E-state index in [0.29, 0.717) is 0 Å². The minimum atomic E-state index is -1.06. The maximum absolute atomic E-state index is 10.2. The molecule has 0 atom stereocenters. The Morgan fingerprint density at radius 2 is 2.22 bits per heavy atom. The molecule has 1 rings (SSSR count). The highest BCUT2D eigenvalue weighted by molar-refractivity contribution is 5.98. The van der Waals surface area contributed by atoms with E-state index in [0.717, 1.165) is 0 Å². The lowest BCUT2D eigenvalue weighted by molar-refractivity contribution is -0.313. The predicted octanol–water partition coefficient (Wildman–Crippen LogP) is -0.486. The van der Waals surface area contributed by atoms with Crippen LogP contribution in [-0.2, 0) is 0 Å². The van der Waals surface area contributed by atoms with Gasteiger partial charge in [0.2, 0.25) is 0 Å². The molecule has 1 aliphatic rings. The highest BCUT2D eigenvalue weighted by Gasteiger charge is 2.27. The van der Waals surface area contributed by atoms with Crippen molar-refractivity contribution in [3.05, 3.63) is 4.91 Å². The number of aliphatic imine (C=N–C) groups is 1. The minimum Gasteiger partial charge on any atom is -0.209 e. The molecule has 0 aliphatic carbocycles. The average molecular weight is 127 g/mol. The number of amides is 4. The van der Waals surface area contributed by atoms with E-state index in [1.54, 1.807) is 11.7 Å². The van der Waals surface area contributed by atoms with E-state index >= 15 is 0 Å². The van der Waals surface area contributed by atoms with Crippen LogP contribution in [0, 0.1) is 4.91 Å². The summed E-state index contributed by atoms with van der Waals surface area (Å²) in [6.45, 7) is 0. The number of carbonyl (C=O) groups excluding carboxylic acids is 2. The molecule has 9 heavy (non-hydrogen) atoms. The van der Waals surface area contributed by atoms with Gasteiger partial charge in [0.25, 0.3) is 0 Å². The smallest absolute Gasteiger partial charge is 0.209 e. The number of urea groups is 2. The number of nitroso groups, excluding NO2 is 1. The molecule has 1 heterocycles. The van der Waals surface area contributed by atoms with Gasteiger partial charge in [-0.05, 0) is 4.99 Å². The van der Waals surface area contributed by atoms with Gasteiger partial charge in [0.05, 0.1) is 4.76 Å². The first-order valence-electron chi connectivity index (χ1n) is 1.99. The van der Waals surface area contributed by atoms with Crippen molar-refractivity contribution in [2.24, 2.45) is 4.99 Å². The molecule has 0 unspecified atom stereocenters. The van der Waals surface area contributed by atoms with Gasteiger partial charge in [0, 0.05) is 0 Å². The zero-order valence-corrected chi connectivity index (χ0v) is 4.12. The number of hydrogen-bond acceptors (Lipinski definition) is 3. The van der Waals surface area contributed by atoms with Crippen molar-refractivity contribution in [2.45, 2.75) is 0 Å². The van der Waals surface area contributed by atoms with E-state index in [4.69, 9.17) is 0 Å². The van der Waals surface area contributed by atoms with E-state index in [1.165, 1.54) is 0 Å². The van der Waals surface area contributed by atoms with Gasteiger partial charge < -0.3 is 0 Å². The molecule has 1 radical (unpaired) electrons. The molecule has 0 bridgehead atoms. The summed E-state index contributed by atoms with van der Waals surface area (Å²) < 4.78 is -0.193. The lowest BCUT2D eigenvalue weighted by atomic mass is 10.8. The summed E-state index contributed by atoms with van der Waals surface area (Å²) in [7, 11) is 0. The molecule has 45 valence electrons. The van der Waals surface area contributed by atoms with Gasteiger partial charge in [0.15, 0.2) is 0 Å². The highest BCUT2D eigenvalue weighted by atomic mass is 16.3. The molecule has 6 nitrogen and oxygen atoms in total. The second-order valence-corrected chi connectivity index (χ2v) is 1.24. The van der Waals surface area contributed by atoms with Gasteiger partial charge in [0.1, 0.15) is 0 Å². The summed E-state index contributed by atoms with van der Waals surface area (Å²) in [5.74, 6) is 0. The molecule has 6 heteroatoms. The largest absolute Gasteiger partial charge is 0.487 e. The summed E-state index contributed by atoms with van der Waals surface area (Å²) in [5.41, 5.74) is 0. The molecule has 0 saturated carbocycles. The first kappa shape index (κ1) is 5.54. The Hall–Kier alpha value is -1.59. The first-order valence-corrected chi connectivity index (χ1v) is 1.99. The van der Waals surface area contributed by atoms with E-state index in [9.17, 15) is 14.5 Å². The monoisotopic (exact) mass is 127 g/mol. The average Bonchev–Trinajstić information content (AvgIpc) is 1.80. The van der Waals surface area contributed by atoms with Crippen molar-refractivity contribution >= 4 is 18.4 Å². The topological polar surface area (TPSA) is 78.6 Å². The minimum absolute atomic E-state index is 0.193. The van der Waals surface area contributed by atoms with Crippen LogP contribution in [0.1, 0.15) is 0 Å². The molecule has 1 aliphatic heterocycles. The van der Waals surface area contributed by atoms with Crippen LogP contribution in [0.3, 0.4) is 0 Å². The molecule has 0 aromatic heterocycles. The van der Waals surface area contributed by atoms with Crippen LogP contribution in [-0.4, -0.2) is 23.2 Å². The number of hydrogen-bond donors (Lipinski definition) is 1. The second kappa shape index (κ2) is 1.73. The quantitative estimate of drug-likeness (QED) is 0.446. The van der Waals surface area contributed by atoms with Crippen LogP contribution in [0.5, 0.6) is 0 Å². The fourth-order valence-electron chi connectivity index (χ4n) is 0.306. The zero-order chi connectivity index (χ0) is 6.85. The first-order chi connectivity index (χ1) is 4.20. The Kier molecular flexibility index (Phi) is 1.07. The maximum Gasteiger partial charge on any atom is 0.487 e. The third-order valence-electron chi connectivity index (χ3n) is 0.641. The summed E-state index contributed by atoms with van der Waals surface area (Å²) in [5, 5.41) is 1.64. The van der Waals surface area contributed by atoms with E-state index in [-0.39, 0.29) is 4.76 Å². The number of imide groups is 1. The van der Waals surface area contributed by atoms with Crippen molar-refractivity contribution < 1.29 is 14.3 Å². The maximum atomic E-state index is 10.2.